The molecule has 0 saturated heterocycles. The maximum Gasteiger partial charge on any atom is 0.229 e. The summed E-state index contributed by atoms with van der Waals surface area (Å²) in [6.07, 6.45) is 2.92. The van der Waals surface area contributed by atoms with E-state index < -0.39 is 0 Å². The molecule has 134 valence electrons. The molecule has 3 aromatic rings. The lowest BCUT2D eigenvalue weighted by molar-refractivity contribution is -0.123. The molecule has 0 spiro atoms. The van der Waals surface area contributed by atoms with E-state index in [9.17, 15) is 4.79 Å². The van der Waals surface area contributed by atoms with Gasteiger partial charge in [0.15, 0.2) is 0 Å². The van der Waals surface area contributed by atoms with Crippen molar-refractivity contribution in [3.8, 4) is 0 Å². The van der Waals surface area contributed by atoms with Crippen molar-refractivity contribution in [3.05, 3.63) is 68.8 Å². The number of H-pyrrole nitrogens is 1. The number of aromatic amines is 1. The minimum Gasteiger partial charge on any atom is -0.357 e. The number of carbonyl (C=O) groups is 1. The molecule has 2 N–H and O–H groups in total. The number of aryl methyl sites for hydroxylation is 1. The van der Waals surface area contributed by atoms with Crippen LogP contribution < -0.4 is 5.32 Å². The van der Waals surface area contributed by atoms with Gasteiger partial charge in [0.25, 0.3) is 0 Å². The molecule has 26 heavy (non-hydrogen) atoms. The standard InChI is InChI=1S/C21H20BrClN2O/c1-12(13-5-8-15(23)9-6-13)24-21(26)17-4-2-3-16-18-11-14(22)7-10-19(18)25-20(16)17/h5-12,17,25H,2-4H2,1H3,(H,24,26). The molecule has 1 aliphatic carbocycles. The third kappa shape index (κ3) is 3.28. The molecule has 0 fully saturated rings. The number of aromatic nitrogens is 1. The quantitative estimate of drug-likeness (QED) is 0.534. The Labute approximate surface area is 166 Å². The predicted octanol–water partition coefficient (Wildman–Crippen LogP) is 5.88. The van der Waals surface area contributed by atoms with Gasteiger partial charge in [-0.3, -0.25) is 4.79 Å². The smallest absolute Gasteiger partial charge is 0.229 e. The van der Waals surface area contributed by atoms with Crippen molar-refractivity contribution in [2.75, 3.05) is 0 Å². The van der Waals surface area contributed by atoms with Crippen LogP contribution in [0.4, 0.5) is 0 Å². The summed E-state index contributed by atoms with van der Waals surface area (Å²) < 4.78 is 1.06. The zero-order valence-corrected chi connectivity index (χ0v) is 16.8. The normalized spacial score (nSPS) is 17.7. The first-order valence-electron chi connectivity index (χ1n) is 8.89. The molecular formula is C21H20BrClN2O. The molecule has 0 bridgehead atoms. The zero-order chi connectivity index (χ0) is 18.3. The van der Waals surface area contributed by atoms with Crippen LogP contribution in [0.1, 0.15) is 48.5 Å². The number of rotatable bonds is 3. The lowest BCUT2D eigenvalue weighted by Gasteiger charge is -2.24. The van der Waals surface area contributed by atoms with Gasteiger partial charge in [0.05, 0.1) is 12.0 Å². The Balaban J connectivity index is 1.60. The number of nitrogens with one attached hydrogen (secondary N) is 2. The molecule has 1 amide bonds. The van der Waals surface area contributed by atoms with Crippen LogP contribution in [0.25, 0.3) is 10.9 Å². The van der Waals surface area contributed by atoms with E-state index in [1.807, 2.05) is 37.3 Å². The summed E-state index contributed by atoms with van der Waals surface area (Å²) in [4.78, 5) is 16.5. The molecule has 1 aliphatic rings. The minimum absolute atomic E-state index is 0.0522. The first-order valence-corrected chi connectivity index (χ1v) is 10.1. The number of halogens is 2. The fraction of sp³-hybridized carbons (Fsp3) is 0.286. The van der Waals surface area contributed by atoms with Gasteiger partial charge in [-0.15, -0.1) is 0 Å². The van der Waals surface area contributed by atoms with Crippen molar-refractivity contribution < 1.29 is 4.79 Å². The molecule has 0 saturated carbocycles. The molecule has 4 rings (SSSR count). The summed E-state index contributed by atoms with van der Waals surface area (Å²) >= 11 is 9.51. The summed E-state index contributed by atoms with van der Waals surface area (Å²) in [5.41, 5.74) is 4.51. The van der Waals surface area contributed by atoms with Crippen LogP contribution in [-0.4, -0.2) is 10.9 Å². The number of hydrogen-bond acceptors (Lipinski definition) is 1. The predicted molar refractivity (Wildman–Crippen MR) is 110 cm³/mol. The van der Waals surface area contributed by atoms with E-state index in [1.165, 1.54) is 10.9 Å². The van der Waals surface area contributed by atoms with Gasteiger partial charge in [0.1, 0.15) is 0 Å². The molecule has 2 unspecified atom stereocenters. The Morgan fingerprint density at radius 3 is 2.81 bits per heavy atom. The largest absolute Gasteiger partial charge is 0.357 e. The van der Waals surface area contributed by atoms with Crippen molar-refractivity contribution in [2.45, 2.75) is 38.1 Å². The van der Waals surface area contributed by atoms with Crippen molar-refractivity contribution in [1.82, 2.24) is 10.3 Å². The van der Waals surface area contributed by atoms with Gasteiger partial charge in [-0.1, -0.05) is 39.7 Å². The van der Waals surface area contributed by atoms with E-state index in [0.717, 1.165) is 40.5 Å². The molecule has 5 heteroatoms. The van der Waals surface area contributed by atoms with Gasteiger partial charge in [0.2, 0.25) is 5.91 Å². The summed E-state index contributed by atoms with van der Waals surface area (Å²) in [7, 11) is 0. The Morgan fingerprint density at radius 1 is 1.27 bits per heavy atom. The third-order valence-corrected chi connectivity index (χ3v) is 5.96. The summed E-state index contributed by atoms with van der Waals surface area (Å²) in [6.45, 7) is 2.01. The monoisotopic (exact) mass is 430 g/mol. The SMILES string of the molecule is CC(NC(=O)C1CCCc2c1[nH]c1ccc(Br)cc21)c1ccc(Cl)cc1. The van der Waals surface area contributed by atoms with Gasteiger partial charge < -0.3 is 10.3 Å². The van der Waals surface area contributed by atoms with Crippen LogP contribution in [-0.2, 0) is 11.2 Å². The fourth-order valence-corrected chi connectivity index (χ4v) is 4.33. The first kappa shape index (κ1) is 17.6. The molecule has 1 aromatic heterocycles. The first-order chi connectivity index (χ1) is 12.5. The Hall–Kier alpha value is -1.78. The van der Waals surface area contributed by atoms with E-state index in [4.69, 9.17) is 11.6 Å². The number of hydrogen-bond donors (Lipinski definition) is 2. The van der Waals surface area contributed by atoms with Crippen LogP contribution in [0, 0.1) is 0 Å². The van der Waals surface area contributed by atoms with E-state index in [1.54, 1.807) is 0 Å². The highest BCUT2D eigenvalue weighted by molar-refractivity contribution is 9.10. The van der Waals surface area contributed by atoms with Crippen LogP contribution in [0.5, 0.6) is 0 Å². The summed E-state index contributed by atoms with van der Waals surface area (Å²) in [5, 5.41) is 5.09. The third-order valence-electron chi connectivity index (χ3n) is 5.21. The molecule has 0 aliphatic heterocycles. The van der Waals surface area contributed by atoms with Crippen LogP contribution in [0.15, 0.2) is 46.9 Å². The second-order valence-corrected chi connectivity index (χ2v) is 8.29. The number of fused-ring (bicyclic) bond motifs is 3. The average Bonchev–Trinajstić information content (AvgIpc) is 3.00. The number of benzene rings is 2. The summed E-state index contributed by atoms with van der Waals surface area (Å²) in [6, 6.07) is 13.8. The van der Waals surface area contributed by atoms with E-state index in [-0.39, 0.29) is 17.9 Å². The Kier molecular flexibility index (Phi) is 4.80. The lowest BCUT2D eigenvalue weighted by atomic mass is 9.86. The summed E-state index contributed by atoms with van der Waals surface area (Å²) in [5.74, 6) is -0.0429. The molecular weight excluding hydrogens is 412 g/mol. The molecule has 3 nitrogen and oxygen atoms in total. The fourth-order valence-electron chi connectivity index (χ4n) is 3.85. The topological polar surface area (TPSA) is 44.9 Å². The van der Waals surface area contributed by atoms with Crippen molar-refractivity contribution in [3.63, 3.8) is 0 Å². The Bertz CT molecular complexity index is 964. The van der Waals surface area contributed by atoms with E-state index >= 15 is 0 Å². The van der Waals surface area contributed by atoms with Crippen molar-refractivity contribution in [2.24, 2.45) is 0 Å². The van der Waals surface area contributed by atoms with Gasteiger partial charge in [-0.05, 0) is 67.6 Å². The number of amides is 1. The second-order valence-electron chi connectivity index (χ2n) is 6.93. The van der Waals surface area contributed by atoms with Gasteiger partial charge in [-0.2, -0.15) is 0 Å². The molecule has 2 aromatic carbocycles. The number of carbonyl (C=O) groups excluding carboxylic acids is 1. The zero-order valence-electron chi connectivity index (χ0n) is 14.5. The Morgan fingerprint density at radius 2 is 2.04 bits per heavy atom. The lowest BCUT2D eigenvalue weighted by Crippen LogP contribution is -2.33. The molecule has 2 atom stereocenters. The van der Waals surface area contributed by atoms with E-state index in [0.29, 0.717) is 5.02 Å². The van der Waals surface area contributed by atoms with Gasteiger partial charge >= 0.3 is 0 Å². The van der Waals surface area contributed by atoms with Crippen molar-refractivity contribution in [1.29, 1.82) is 0 Å². The average molecular weight is 432 g/mol. The van der Waals surface area contributed by atoms with Crippen molar-refractivity contribution >= 4 is 44.3 Å². The second kappa shape index (κ2) is 7.09. The van der Waals surface area contributed by atoms with Gasteiger partial charge in [-0.25, -0.2) is 0 Å². The molecule has 0 radical (unpaired) electrons. The van der Waals surface area contributed by atoms with E-state index in [2.05, 4.69) is 38.4 Å². The van der Waals surface area contributed by atoms with Crippen LogP contribution >= 0.6 is 27.5 Å². The van der Waals surface area contributed by atoms with Crippen LogP contribution in [0.2, 0.25) is 5.02 Å². The maximum absolute atomic E-state index is 13.0. The van der Waals surface area contributed by atoms with Crippen LogP contribution in [0.3, 0.4) is 0 Å². The molecule has 1 heterocycles. The highest BCUT2D eigenvalue weighted by Gasteiger charge is 2.30. The highest BCUT2D eigenvalue weighted by atomic mass is 79.9. The minimum atomic E-state index is -0.125. The highest BCUT2D eigenvalue weighted by Crippen LogP contribution is 2.37. The van der Waals surface area contributed by atoms with Gasteiger partial charge in [0, 0.05) is 26.1 Å². The maximum atomic E-state index is 13.0.